The summed E-state index contributed by atoms with van der Waals surface area (Å²) in [6.45, 7) is 0.448. The van der Waals surface area contributed by atoms with E-state index < -0.39 is 10.0 Å². The highest BCUT2D eigenvalue weighted by molar-refractivity contribution is 7.89. The van der Waals surface area contributed by atoms with Crippen LogP contribution in [0.4, 0.5) is 4.39 Å². The molecule has 0 atom stereocenters. The third-order valence-electron chi connectivity index (χ3n) is 5.15. The van der Waals surface area contributed by atoms with Crippen LogP contribution in [0.2, 0.25) is 0 Å². The first-order chi connectivity index (χ1) is 15.5. The predicted molar refractivity (Wildman–Crippen MR) is 124 cm³/mol. The highest BCUT2D eigenvalue weighted by Crippen LogP contribution is 2.20. The molecule has 1 aliphatic carbocycles. The molecule has 0 aliphatic heterocycles. The summed E-state index contributed by atoms with van der Waals surface area (Å²) in [5, 5.41) is 6.60. The molecular formula is C23H31FN4O3S. The normalized spacial score (nSPS) is 14.3. The smallest absolute Gasteiger partial charge is 0.240 e. The SMILES string of the molecule is O=CNCc1ccc(F)cc1.O=S(=O)(NC1CCCCC1)c1ccc(-n2cccn2)cc1.[HH].[HH]. The minimum Gasteiger partial charge on any atom is -0.355 e. The Morgan fingerprint density at radius 3 is 2.34 bits per heavy atom. The number of carbonyl (C=O) groups excluding carboxylic acids is 1. The molecule has 1 heterocycles. The van der Waals surface area contributed by atoms with Crippen molar-refractivity contribution >= 4 is 16.4 Å². The Hall–Kier alpha value is -3.04. The minimum absolute atomic E-state index is 0. The van der Waals surface area contributed by atoms with Gasteiger partial charge in [0.1, 0.15) is 5.82 Å². The number of halogens is 1. The molecule has 7 nitrogen and oxygen atoms in total. The van der Waals surface area contributed by atoms with Crippen molar-refractivity contribution in [3.05, 3.63) is 78.4 Å². The molecule has 0 saturated heterocycles. The van der Waals surface area contributed by atoms with Gasteiger partial charge in [0.25, 0.3) is 0 Å². The summed E-state index contributed by atoms with van der Waals surface area (Å²) < 4.78 is 41.6. The van der Waals surface area contributed by atoms with Crippen LogP contribution in [0.1, 0.15) is 40.5 Å². The fourth-order valence-corrected chi connectivity index (χ4v) is 4.77. The summed E-state index contributed by atoms with van der Waals surface area (Å²) in [7, 11) is -3.43. The zero-order chi connectivity index (χ0) is 22.8. The van der Waals surface area contributed by atoms with Crippen molar-refractivity contribution in [3.8, 4) is 5.69 Å². The van der Waals surface area contributed by atoms with E-state index in [1.54, 1.807) is 47.3 Å². The van der Waals surface area contributed by atoms with Gasteiger partial charge in [0.2, 0.25) is 16.4 Å². The summed E-state index contributed by atoms with van der Waals surface area (Å²) in [6, 6.07) is 14.7. The lowest BCUT2D eigenvalue weighted by Gasteiger charge is -2.22. The Morgan fingerprint density at radius 1 is 1.06 bits per heavy atom. The standard InChI is InChI=1S/C15H19N3O2S.C8H8FNO.2H2/c19-21(20,17-13-5-2-1-3-6-13)15-9-7-14(8-10-15)18-12-4-11-16-18;9-8-3-1-7(2-4-8)5-10-6-11;;/h4,7-13,17H,1-3,5-6H2;1-4,6H,5H2,(H,10,11);2*1H. The molecule has 2 aromatic carbocycles. The van der Waals surface area contributed by atoms with E-state index in [1.807, 2.05) is 12.3 Å². The monoisotopic (exact) mass is 462 g/mol. The average Bonchev–Trinajstić information content (AvgIpc) is 3.35. The fourth-order valence-electron chi connectivity index (χ4n) is 3.47. The van der Waals surface area contributed by atoms with E-state index in [1.165, 1.54) is 18.6 Å². The molecule has 1 fully saturated rings. The molecule has 1 amide bonds. The number of sulfonamides is 1. The summed E-state index contributed by atoms with van der Waals surface area (Å²) in [5.74, 6) is -0.264. The zero-order valence-electron chi connectivity index (χ0n) is 17.7. The molecule has 0 bridgehead atoms. The Balaban J connectivity index is 0.000000382. The highest BCUT2D eigenvalue weighted by atomic mass is 32.2. The first kappa shape index (κ1) is 23.6. The van der Waals surface area contributed by atoms with Crippen LogP contribution in [0, 0.1) is 5.82 Å². The van der Waals surface area contributed by atoms with Gasteiger partial charge in [-0.15, -0.1) is 0 Å². The number of rotatable bonds is 7. The lowest BCUT2D eigenvalue weighted by Crippen LogP contribution is -2.36. The van der Waals surface area contributed by atoms with Gasteiger partial charge >= 0.3 is 0 Å². The van der Waals surface area contributed by atoms with Crippen molar-refractivity contribution in [2.45, 2.75) is 49.6 Å². The maximum atomic E-state index is 12.4. The average molecular weight is 463 g/mol. The maximum Gasteiger partial charge on any atom is 0.240 e. The largest absolute Gasteiger partial charge is 0.355 e. The Morgan fingerprint density at radius 2 is 1.75 bits per heavy atom. The van der Waals surface area contributed by atoms with Gasteiger partial charge in [-0.3, -0.25) is 4.79 Å². The number of amides is 1. The summed E-state index contributed by atoms with van der Waals surface area (Å²) in [5.41, 5.74) is 1.73. The number of nitrogens with one attached hydrogen (secondary N) is 2. The number of nitrogens with zero attached hydrogens (tertiary/aromatic N) is 2. The molecule has 32 heavy (non-hydrogen) atoms. The van der Waals surface area contributed by atoms with Crippen molar-refractivity contribution in [1.29, 1.82) is 0 Å². The van der Waals surface area contributed by atoms with Crippen LogP contribution in [0.15, 0.2) is 71.9 Å². The Kier molecular flexibility index (Phi) is 8.52. The molecule has 1 aliphatic rings. The molecule has 0 spiro atoms. The van der Waals surface area contributed by atoms with Gasteiger partial charge in [0, 0.05) is 27.8 Å². The lowest BCUT2D eigenvalue weighted by atomic mass is 9.96. The zero-order valence-corrected chi connectivity index (χ0v) is 18.5. The van der Waals surface area contributed by atoms with Crippen molar-refractivity contribution in [3.63, 3.8) is 0 Å². The first-order valence-corrected chi connectivity index (χ1v) is 12.0. The van der Waals surface area contributed by atoms with Gasteiger partial charge in [0.15, 0.2) is 0 Å². The van der Waals surface area contributed by atoms with Crippen LogP contribution >= 0.6 is 0 Å². The number of hydrogen-bond acceptors (Lipinski definition) is 4. The Bertz CT molecular complexity index is 1070. The van der Waals surface area contributed by atoms with Crippen molar-refractivity contribution in [1.82, 2.24) is 19.8 Å². The maximum absolute atomic E-state index is 12.4. The van der Waals surface area contributed by atoms with Gasteiger partial charge < -0.3 is 5.32 Å². The van der Waals surface area contributed by atoms with E-state index in [-0.39, 0.29) is 14.7 Å². The molecule has 1 saturated carbocycles. The van der Waals surface area contributed by atoms with Crippen molar-refractivity contribution in [2.75, 3.05) is 0 Å². The van der Waals surface area contributed by atoms with Crippen molar-refractivity contribution < 1.29 is 20.5 Å². The van der Waals surface area contributed by atoms with E-state index >= 15 is 0 Å². The molecule has 4 rings (SSSR count). The summed E-state index contributed by atoms with van der Waals surface area (Å²) in [4.78, 5) is 10.2. The molecule has 2 N–H and O–H groups in total. The van der Waals surface area contributed by atoms with Crippen LogP contribution in [-0.2, 0) is 21.4 Å². The fraction of sp³-hybridized carbons (Fsp3) is 0.304. The summed E-state index contributed by atoms with van der Waals surface area (Å²) in [6.07, 6.45) is 9.41. The van der Waals surface area contributed by atoms with Gasteiger partial charge in [-0.25, -0.2) is 22.2 Å². The molecule has 174 valence electrons. The topological polar surface area (TPSA) is 93.1 Å². The first-order valence-electron chi connectivity index (χ1n) is 10.5. The van der Waals surface area contributed by atoms with Gasteiger partial charge in [-0.05, 0) is 60.9 Å². The second-order valence-corrected chi connectivity index (χ2v) is 9.24. The van der Waals surface area contributed by atoms with Crippen LogP contribution in [0.3, 0.4) is 0 Å². The number of hydrogen-bond donors (Lipinski definition) is 2. The molecule has 0 radical (unpaired) electrons. The van der Waals surface area contributed by atoms with E-state index in [9.17, 15) is 17.6 Å². The van der Waals surface area contributed by atoms with Crippen LogP contribution in [0.5, 0.6) is 0 Å². The third kappa shape index (κ3) is 7.00. The lowest BCUT2D eigenvalue weighted by molar-refractivity contribution is -0.109. The van der Waals surface area contributed by atoms with E-state index in [0.717, 1.165) is 36.9 Å². The second-order valence-electron chi connectivity index (χ2n) is 7.53. The van der Waals surface area contributed by atoms with Crippen LogP contribution in [0.25, 0.3) is 5.69 Å². The Labute approximate surface area is 190 Å². The predicted octanol–water partition coefficient (Wildman–Crippen LogP) is 4.05. The van der Waals surface area contributed by atoms with Gasteiger partial charge in [0.05, 0.1) is 10.6 Å². The van der Waals surface area contributed by atoms with Gasteiger partial charge in [-0.1, -0.05) is 31.4 Å². The number of aromatic nitrogens is 2. The highest BCUT2D eigenvalue weighted by Gasteiger charge is 2.21. The molecular weight excluding hydrogens is 431 g/mol. The van der Waals surface area contributed by atoms with Gasteiger partial charge in [-0.2, -0.15) is 5.10 Å². The van der Waals surface area contributed by atoms with E-state index in [0.29, 0.717) is 17.9 Å². The number of benzene rings is 2. The van der Waals surface area contributed by atoms with E-state index in [4.69, 9.17) is 0 Å². The molecule has 9 heteroatoms. The summed E-state index contributed by atoms with van der Waals surface area (Å²) >= 11 is 0. The quantitative estimate of drug-likeness (QED) is 0.518. The van der Waals surface area contributed by atoms with Crippen molar-refractivity contribution in [2.24, 2.45) is 0 Å². The minimum atomic E-state index is -3.43. The second kappa shape index (κ2) is 11.5. The molecule has 3 aromatic rings. The van der Waals surface area contributed by atoms with Crippen LogP contribution in [-0.4, -0.2) is 30.7 Å². The number of carbonyl (C=O) groups is 1. The third-order valence-corrected chi connectivity index (χ3v) is 6.68. The molecule has 0 unspecified atom stereocenters. The van der Waals surface area contributed by atoms with E-state index in [2.05, 4.69) is 15.1 Å². The molecule has 1 aromatic heterocycles. The van der Waals surface area contributed by atoms with Crippen LogP contribution < -0.4 is 10.0 Å².